The number of hydrogen-bond donors (Lipinski definition) is 1. The number of phosphoric ester groups is 1. The Kier molecular flexibility index (Phi) is 11.5. The Bertz CT molecular complexity index is 1020. The summed E-state index contributed by atoms with van der Waals surface area (Å²) in [6.07, 6.45) is -5.07. The van der Waals surface area contributed by atoms with Gasteiger partial charge in [0.2, 0.25) is 13.6 Å². The molecule has 0 amide bonds. The van der Waals surface area contributed by atoms with Gasteiger partial charge < -0.3 is 29.4 Å². The monoisotopic (exact) mass is 569 g/mol. The second-order valence-electron chi connectivity index (χ2n) is 8.64. The van der Waals surface area contributed by atoms with Gasteiger partial charge in [0.1, 0.15) is 12.0 Å². The normalized spacial score (nSPS) is 21.5. The van der Waals surface area contributed by atoms with Gasteiger partial charge in [-0.05, 0) is 40.2 Å². The maximum atomic E-state index is 15.0. The van der Waals surface area contributed by atoms with Crippen LogP contribution in [0.15, 0.2) is 17.1 Å². The quantitative estimate of drug-likeness (QED) is 0.207. The molecule has 3 atom stereocenters. The van der Waals surface area contributed by atoms with Crippen molar-refractivity contribution in [3.05, 3.63) is 22.7 Å². The SMILES string of the molecule is CC[C@@]1(COP(=O)(OCOC(=O)OC(C)C)OCOC(=O)OC(C)C)C[C@@H](F)[C@H](n2ccc(N)nc2=O)O1. The van der Waals surface area contributed by atoms with Crippen molar-refractivity contribution in [1.82, 2.24) is 9.55 Å². The molecule has 216 valence electrons. The molecule has 0 spiro atoms. The van der Waals surface area contributed by atoms with Crippen molar-refractivity contribution in [3.63, 3.8) is 0 Å². The van der Waals surface area contributed by atoms with Gasteiger partial charge in [0.25, 0.3) is 0 Å². The van der Waals surface area contributed by atoms with Gasteiger partial charge in [-0.3, -0.25) is 9.09 Å². The topological polar surface area (TPSA) is 186 Å². The first kappa shape index (κ1) is 31.4. The first-order chi connectivity index (χ1) is 17.8. The summed E-state index contributed by atoms with van der Waals surface area (Å²) in [5.74, 6) is -0.0426. The van der Waals surface area contributed by atoms with Crippen LogP contribution in [-0.2, 0) is 41.8 Å². The summed E-state index contributed by atoms with van der Waals surface area (Å²) < 4.78 is 69.2. The van der Waals surface area contributed by atoms with Crippen LogP contribution in [0.25, 0.3) is 0 Å². The third-order valence-electron chi connectivity index (χ3n) is 4.94. The summed E-state index contributed by atoms with van der Waals surface area (Å²) in [7, 11) is -4.60. The number of carbonyl (C=O) groups is 2. The molecule has 1 fully saturated rings. The highest BCUT2D eigenvalue weighted by atomic mass is 31.2. The Balaban J connectivity index is 2.10. The fourth-order valence-corrected chi connectivity index (χ4v) is 4.13. The summed E-state index contributed by atoms with van der Waals surface area (Å²) in [6.45, 7) is 5.61. The number of rotatable bonds is 13. The molecule has 0 aromatic carbocycles. The highest BCUT2D eigenvalue weighted by Gasteiger charge is 2.49. The Morgan fingerprint density at radius 2 is 1.71 bits per heavy atom. The largest absolute Gasteiger partial charge is 0.510 e. The van der Waals surface area contributed by atoms with Crippen LogP contribution in [0.1, 0.15) is 53.7 Å². The lowest BCUT2D eigenvalue weighted by Crippen LogP contribution is -2.35. The van der Waals surface area contributed by atoms with Crippen molar-refractivity contribution in [2.75, 3.05) is 25.9 Å². The molecule has 1 aliphatic heterocycles. The minimum Gasteiger partial charge on any atom is -0.432 e. The summed E-state index contributed by atoms with van der Waals surface area (Å²) in [5, 5.41) is 0. The van der Waals surface area contributed by atoms with E-state index in [-0.39, 0.29) is 18.7 Å². The number of nitrogen functional groups attached to an aromatic ring is 1. The van der Waals surface area contributed by atoms with E-state index >= 15 is 0 Å². The van der Waals surface area contributed by atoms with E-state index in [0.717, 1.165) is 4.57 Å². The summed E-state index contributed by atoms with van der Waals surface area (Å²) in [6, 6.07) is 1.31. The number of alkyl halides is 1. The van der Waals surface area contributed by atoms with E-state index < -0.39 is 76.2 Å². The van der Waals surface area contributed by atoms with Crippen molar-refractivity contribution < 1.29 is 55.8 Å². The van der Waals surface area contributed by atoms with Crippen LogP contribution in [-0.4, -0.2) is 66.0 Å². The maximum Gasteiger partial charge on any atom is 0.510 e. The standard InChI is InChI=1S/C21H33FN3O12P/c1-6-21(9-15(22)17(37-21)25-8-7-16(23)24-18(25)26)10-32-38(29,33-11-30-19(27)35-13(2)3)34-12-31-20(28)36-14(4)5/h7-8,13-15,17H,6,9-12H2,1-5H3,(H2,23,24,26)/t15-,17-,21+/m1/s1. The maximum absolute atomic E-state index is 15.0. The molecule has 2 rings (SSSR count). The average Bonchev–Trinajstić information content (AvgIpc) is 3.13. The van der Waals surface area contributed by atoms with E-state index in [9.17, 15) is 23.3 Å². The van der Waals surface area contributed by atoms with Crippen LogP contribution < -0.4 is 11.4 Å². The molecule has 0 radical (unpaired) electrons. The van der Waals surface area contributed by atoms with Crippen LogP contribution >= 0.6 is 7.82 Å². The summed E-state index contributed by atoms with van der Waals surface area (Å²) in [4.78, 5) is 38.9. The number of nitrogens with zero attached hydrogens (tertiary/aromatic N) is 2. The Hall–Kier alpha value is -2.78. The zero-order chi connectivity index (χ0) is 28.5. The predicted octanol–water partition coefficient (Wildman–Crippen LogP) is 3.43. The second kappa shape index (κ2) is 13.8. The number of halogens is 1. The first-order valence-corrected chi connectivity index (χ1v) is 13.1. The van der Waals surface area contributed by atoms with Gasteiger partial charge in [0.05, 0.1) is 24.4 Å². The molecule has 2 N–H and O–H groups in total. The van der Waals surface area contributed by atoms with Gasteiger partial charge in [-0.15, -0.1) is 0 Å². The fraction of sp³-hybridized carbons (Fsp3) is 0.714. The van der Waals surface area contributed by atoms with Gasteiger partial charge in [-0.2, -0.15) is 4.98 Å². The third-order valence-corrected chi connectivity index (χ3v) is 6.23. The van der Waals surface area contributed by atoms with Crippen LogP contribution in [0.2, 0.25) is 0 Å². The van der Waals surface area contributed by atoms with E-state index in [1.807, 2.05) is 0 Å². The Labute approximate surface area is 218 Å². The zero-order valence-electron chi connectivity index (χ0n) is 21.7. The Morgan fingerprint density at radius 1 is 1.16 bits per heavy atom. The fourth-order valence-electron chi connectivity index (χ4n) is 3.15. The first-order valence-electron chi connectivity index (χ1n) is 11.6. The van der Waals surface area contributed by atoms with E-state index in [2.05, 4.69) is 14.5 Å². The van der Waals surface area contributed by atoms with Crippen molar-refractivity contribution in [2.45, 2.75) is 77.7 Å². The summed E-state index contributed by atoms with van der Waals surface area (Å²) >= 11 is 0. The molecule has 1 saturated heterocycles. The minimum atomic E-state index is -4.60. The average molecular weight is 569 g/mol. The van der Waals surface area contributed by atoms with Gasteiger partial charge >= 0.3 is 25.8 Å². The van der Waals surface area contributed by atoms with E-state index in [4.69, 9.17) is 33.5 Å². The lowest BCUT2D eigenvalue weighted by molar-refractivity contribution is -0.112. The van der Waals surface area contributed by atoms with Crippen LogP contribution in [0, 0.1) is 0 Å². The van der Waals surface area contributed by atoms with Gasteiger partial charge in [-0.25, -0.2) is 32.4 Å². The molecule has 0 bridgehead atoms. The number of hydrogen-bond acceptors (Lipinski definition) is 14. The molecule has 1 aliphatic rings. The number of carbonyl (C=O) groups excluding carboxylic acids is 2. The van der Waals surface area contributed by atoms with Crippen molar-refractivity contribution in [3.8, 4) is 0 Å². The second-order valence-corrected chi connectivity index (χ2v) is 10.3. The highest BCUT2D eigenvalue weighted by molar-refractivity contribution is 7.48. The smallest absolute Gasteiger partial charge is 0.432 e. The van der Waals surface area contributed by atoms with E-state index in [1.165, 1.54) is 12.3 Å². The molecular formula is C21H33FN3O12P. The van der Waals surface area contributed by atoms with E-state index in [1.54, 1.807) is 34.6 Å². The van der Waals surface area contributed by atoms with Gasteiger partial charge in [0, 0.05) is 12.6 Å². The number of ether oxygens (including phenoxy) is 5. The molecule has 0 unspecified atom stereocenters. The molecule has 0 saturated carbocycles. The molecule has 38 heavy (non-hydrogen) atoms. The van der Waals surface area contributed by atoms with Crippen molar-refractivity contribution in [1.29, 1.82) is 0 Å². The molecule has 1 aromatic heterocycles. The summed E-state index contributed by atoms with van der Waals surface area (Å²) in [5.41, 5.74) is 3.29. The Morgan fingerprint density at radius 3 is 2.18 bits per heavy atom. The van der Waals surface area contributed by atoms with Crippen molar-refractivity contribution in [2.24, 2.45) is 0 Å². The van der Waals surface area contributed by atoms with Crippen LogP contribution in [0.5, 0.6) is 0 Å². The number of phosphoric acid groups is 1. The van der Waals surface area contributed by atoms with Crippen LogP contribution in [0.4, 0.5) is 19.8 Å². The highest BCUT2D eigenvalue weighted by Crippen LogP contribution is 2.52. The molecule has 2 heterocycles. The number of anilines is 1. The molecule has 15 nitrogen and oxygen atoms in total. The zero-order valence-corrected chi connectivity index (χ0v) is 22.6. The molecule has 1 aromatic rings. The van der Waals surface area contributed by atoms with Crippen molar-refractivity contribution >= 4 is 26.0 Å². The molecule has 17 heteroatoms. The number of aromatic nitrogens is 2. The number of nitrogens with two attached hydrogens (primary N) is 1. The van der Waals surface area contributed by atoms with Gasteiger partial charge in [0.15, 0.2) is 6.23 Å². The minimum absolute atomic E-state index is 0.0426. The molecular weight excluding hydrogens is 536 g/mol. The van der Waals surface area contributed by atoms with Crippen LogP contribution in [0.3, 0.4) is 0 Å². The predicted molar refractivity (Wildman–Crippen MR) is 126 cm³/mol. The third kappa shape index (κ3) is 9.51. The van der Waals surface area contributed by atoms with E-state index in [0.29, 0.717) is 0 Å². The van der Waals surface area contributed by atoms with Gasteiger partial charge in [-0.1, -0.05) is 6.92 Å². The lowest BCUT2D eigenvalue weighted by Gasteiger charge is -2.29. The lowest BCUT2D eigenvalue weighted by atomic mass is 9.97. The molecule has 0 aliphatic carbocycles.